The summed E-state index contributed by atoms with van der Waals surface area (Å²) in [7, 11) is 0. The fourth-order valence-corrected chi connectivity index (χ4v) is 1.56. The quantitative estimate of drug-likeness (QED) is 0.558. The lowest BCUT2D eigenvalue weighted by Gasteiger charge is -2.31. The predicted octanol–water partition coefficient (Wildman–Crippen LogP) is -0.112. The van der Waals surface area contributed by atoms with Gasteiger partial charge < -0.3 is 15.2 Å². The molecule has 3 nitrogen and oxygen atoms in total. The third-order valence-electron chi connectivity index (χ3n) is 2.52. The molecular formula is C8H15NO2. The van der Waals surface area contributed by atoms with Gasteiger partial charge in [0.1, 0.15) is 0 Å². The minimum absolute atomic E-state index is 0.0336. The van der Waals surface area contributed by atoms with E-state index in [1.165, 1.54) is 0 Å². The van der Waals surface area contributed by atoms with Gasteiger partial charge in [0.2, 0.25) is 0 Å². The zero-order valence-electron chi connectivity index (χ0n) is 6.84. The normalized spacial score (nSPS) is 42.0. The second-order valence-corrected chi connectivity index (χ2v) is 3.70. The van der Waals surface area contributed by atoms with Gasteiger partial charge in [-0.2, -0.15) is 0 Å². The molecule has 0 aromatic heterocycles. The summed E-state index contributed by atoms with van der Waals surface area (Å²) in [4.78, 5) is 0. The first-order chi connectivity index (χ1) is 5.21. The summed E-state index contributed by atoms with van der Waals surface area (Å²) < 4.78 is 5.60. The summed E-state index contributed by atoms with van der Waals surface area (Å²) in [5.41, 5.74) is -0.484. The van der Waals surface area contributed by atoms with Crippen molar-refractivity contribution in [3.05, 3.63) is 0 Å². The van der Waals surface area contributed by atoms with E-state index in [-0.39, 0.29) is 12.2 Å². The minimum atomic E-state index is -0.484. The fourth-order valence-electron chi connectivity index (χ4n) is 1.56. The molecule has 2 rings (SSSR count). The van der Waals surface area contributed by atoms with Crippen molar-refractivity contribution in [2.45, 2.75) is 37.6 Å². The van der Waals surface area contributed by atoms with E-state index < -0.39 is 5.60 Å². The molecule has 0 aromatic rings. The highest BCUT2D eigenvalue weighted by Crippen LogP contribution is 2.40. The van der Waals surface area contributed by atoms with Gasteiger partial charge in [-0.3, -0.25) is 0 Å². The van der Waals surface area contributed by atoms with Crippen molar-refractivity contribution in [3.63, 3.8) is 0 Å². The number of ether oxygens (including phenoxy) is 1. The molecule has 0 aromatic carbocycles. The molecule has 1 unspecified atom stereocenters. The lowest BCUT2D eigenvalue weighted by molar-refractivity contribution is -0.0996. The van der Waals surface area contributed by atoms with Crippen LogP contribution in [0.2, 0.25) is 0 Å². The molecule has 2 atom stereocenters. The van der Waals surface area contributed by atoms with Gasteiger partial charge in [-0.1, -0.05) is 0 Å². The second kappa shape index (κ2) is 2.44. The lowest BCUT2D eigenvalue weighted by atomic mass is 10.1. The maximum absolute atomic E-state index is 9.71. The molecular weight excluding hydrogens is 142 g/mol. The lowest BCUT2D eigenvalue weighted by Crippen LogP contribution is -2.49. The van der Waals surface area contributed by atoms with E-state index in [1.54, 1.807) is 0 Å². The van der Waals surface area contributed by atoms with E-state index in [4.69, 9.17) is 4.74 Å². The Morgan fingerprint density at radius 2 is 2.18 bits per heavy atom. The second-order valence-electron chi connectivity index (χ2n) is 3.70. The van der Waals surface area contributed by atoms with Gasteiger partial charge in [0, 0.05) is 13.1 Å². The number of morpholine rings is 1. The molecule has 1 saturated carbocycles. The standard InChI is InChI=1S/C8H15NO2/c1-6-4-9-5-7(11-6)8(10)2-3-8/h6-7,9-10H,2-5H2,1H3/t6?,7-/m1/s1. The van der Waals surface area contributed by atoms with E-state index in [0.717, 1.165) is 25.9 Å². The number of rotatable bonds is 1. The van der Waals surface area contributed by atoms with Crippen LogP contribution in [0.15, 0.2) is 0 Å². The maximum atomic E-state index is 9.71. The molecule has 1 heterocycles. The van der Waals surface area contributed by atoms with Crippen LogP contribution < -0.4 is 5.32 Å². The zero-order chi connectivity index (χ0) is 7.90. The summed E-state index contributed by atoms with van der Waals surface area (Å²) in [6, 6.07) is 0. The van der Waals surface area contributed by atoms with Crippen molar-refractivity contribution in [2.24, 2.45) is 0 Å². The van der Waals surface area contributed by atoms with E-state index >= 15 is 0 Å². The van der Waals surface area contributed by atoms with E-state index in [0.29, 0.717) is 0 Å². The van der Waals surface area contributed by atoms with Gasteiger partial charge in [0.15, 0.2) is 0 Å². The molecule has 11 heavy (non-hydrogen) atoms. The van der Waals surface area contributed by atoms with Crippen molar-refractivity contribution < 1.29 is 9.84 Å². The first kappa shape index (κ1) is 7.53. The number of hydrogen-bond acceptors (Lipinski definition) is 3. The molecule has 0 radical (unpaired) electrons. The van der Waals surface area contributed by atoms with Crippen LogP contribution in [-0.2, 0) is 4.74 Å². The molecule has 2 N–H and O–H groups in total. The molecule has 3 heteroatoms. The first-order valence-electron chi connectivity index (χ1n) is 4.29. The predicted molar refractivity (Wildman–Crippen MR) is 41.4 cm³/mol. The summed E-state index contributed by atoms with van der Waals surface area (Å²) in [6.45, 7) is 3.75. The smallest absolute Gasteiger partial charge is 0.0990 e. The van der Waals surface area contributed by atoms with E-state index in [1.807, 2.05) is 6.92 Å². The number of nitrogens with one attached hydrogen (secondary N) is 1. The van der Waals surface area contributed by atoms with Crippen LogP contribution in [0, 0.1) is 0 Å². The molecule has 0 amide bonds. The highest BCUT2D eigenvalue weighted by atomic mass is 16.5. The summed E-state index contributed by atoms with van der Waals surface area (Å²) in [5.74, 6) is 0. The number of aliphatic hydroxyl groups is 1. The molecule has 64 valence electrons. The largest absolute Gasteiger partial charge is 0.387 e. The monoisotopic (exact) mass is 157 g/mol. The molecule has 1 aliphatic carbocycles. The van der Waals surface area contributed by atoms with Crippen molar-refractivity contribution in [2.75, 3.05) is 13.1 Å². The Bertz CT molecular complexity index is 156. The van der Waals surface area contributed by atoms with Crippen LogP contribution >= 0.6 is 0 Å². The van der Waals surface area contributed by atoms with E-state index in [2.05, 4.69) is 5.32 Å². The topological polar surface area (TPSA) is 41.5 Å². The molecule has 1 aliphatic heterocycles. The SMILES string of the molecule is CC1CNC[C@H](C2(O)CC2)O1. The van der Waals surface area contributed by atoms with Gasteiger partial charge in [0.25, 0.3) is 0 Å². The molecule has 0 bridgehead atoms. The molecule has 1 saturated heterocycles. The molecule has 0 spiro atoms. The third kappa shape index (κ3) is 1.41. The average molecular weight is 157 g/mol. The van der Waals surface area contributed by atoms with Gasteiger partial charge in [-0.05, 0) is 19.8 Å². The van der Waals surface area contributed by atoms with E-state index in [9.17, 15) is 5.11 Å². The van der Waals surface area contributed by atoms with Crippen molar-refractivity contribution in [1.82, 2.24) is 5.32 Å². The Labute approximate surface area is 66.7 Å². The third-order valence-corrected chi connectivity index (χ3v) is 2.52. The van der Waals surface area contributed by atoms with Gasteiger partial charge in [-0.15, -0.1) is 0 Å². The van der Waals surface area contributed by atoms with Crippen molar-refractivity contribution in [3.8, 4) is 0 Å². The number of hydrogen-bond donors (Lipinski definition) is 2. The zero-order valence-corrected chi connectivity index (χ0v) is 6.84. The van der Waals surface area contributed by atoms with Crippen LogP contribution in [0.25, 0.3) is 0 Å². The Balaban J connectivity index is 1.93. The molecule has 2 fully saturated rings. The molecule has 2 aliphatic rings. The maximum Gasteiger partial charge on any atom is 0.0990 e. The van der Waals surface area contributed by atoms with Crippen LogP contribution in [0.3, 0.4) is 0 Å². The average Bonchev–Trinajstić information content (AvgIpc) is 2.70. The van der Waals surface area contributed by atoms with Gasteiger partial charge >= 0.3 is 0 Å². The highest BCUT2D eigenvalue weighted by Gasteiger charge is 2.49. The van der Waals surface area contributed by atoms with Crippen molar-refractivity contribution in [1.29, 1.82) is 0 Å². The first-order valence-corrected chi connectivity index (χ1v) is 4.29. The Morgan fingerprint density at radius 3 is 2.73 bits per heavy atom. The Kier molecular flexibility index (Phi) is 1.67. The summed E-state index contributed by atoms with van der Waals surface area (Å²) >= 11 is 0. The van der Waals surface area contributed by atoms with Crippen LogP contribution in [0.4, 0.5) is 0 Å². The minimum Gasteiger partial charge on any atom is -0.387 e. The Morgan fingerprint density at radius 1 is 1.45 bits per heavy atom. The highest BCUT2D eigenvalue weighted by molar-refractivity contribution is 5.02. The fraction of sp³-hybridized carbons (Fsp3) is 1.00. The summed E-state index contributed by atoms with van der Waals surface area (Å²) in [6.07, 6.45) is 2.10. The van der Waals surface area contributed by atoms with Crippen LogP contribution in [0.1, 0.15) is 19.8 Å². The summed E-state index contributed by atoms with van der Waals surface area (Å²) in [5, 5.41) is 13.0. The van der Waals surface area contributed by atoms with Crippen LogP contribution in [-0.4, -0.2) is 36.0 Å². The van der Waals surface area contributed by atoms with Gasteiger partial charge in [-0.25, -0.2) is 0 Å². The van der Waals surface area contributed by atoms with Crippen molar-refractivity contribution >= 4 is 0 Å². The Hall–Kier alpha value is -0.120. The van der Waals surface area contributed by atoms with Crippen LogP contribution in [0.5, 0.6) is 0 Å². The van der Waals surface area contributed by atoms with Gasteiger partial charge in [0.05, 0.1) is 17.8 Å².